The first kappa shape index (κ1) is 22.6. The quantitative estimate of drug-likeness (QED) is 0.677. The Hall–Kier alpha value is -3.62. The Morgan fingerprint density at radius 2 is 1.94 bits per heavy atom. The van der Waals surface area contributed by atoms with E-state index in [1.165, 1.54) is 0 Å². The number of urea groups is 1. The summed E-state index contributed by atoms with van der Waals surface area (Å²) in [5.41, 5.74) is -0.594. The molecule has 2 heterocycles. The van der Waals surface area contributed by atoms with Crippen LogP contribution in [0.5, 0.6) is 0 Å². The standard InChI is InChI=1S/C24H28N4O5/c1-3-33-23(32)25-19-9-6-12-27(14-19)20(29)15-28-21(30)24(2,26-22(28)31)18-11-10-16-7-4-5-8-17(16)13-18/h4-5,7-8,10-11,13,19H,3,6,9,12,14-15H2,1-2H3,(H,25,32)(H,26,31). The summed E-state index contributed by atoms with van der Waals surface area (Å²) in [4.78, 5) is 53.1. The van der Waals surface area contributed by atoms with Crippen molar-refractivity contribution in [2.75, 3.05) is 26.2 Å². The Bertz CT molecular complexity index is 1100. The summed E-state index contributed by atoms with van der Waals surface area (Å²) in [6.45, 7) is 4.11. The molecule has 9 nitrogen and oxygen atoms in total. The van der Waals surface area contributed by atoms with Crippen molar-refractivity contribution >= 4 is 34.7 Å². The number of carbonyl (C=O) groups excluding carboxylic acids is 4. The fourth-order valence-corrected chi connectivity index (χ4v) is 4.43. The molecular weight excluding hydrogens is 424 g/mol. The molecule has 2 aliphatic rings. The number of likely N-dealkylation sites (tertiary alicyclic amines) is 1. The van der Waals surface area contributed by atoms with Gasteiger partial charge in [-0.2, -0.15) is 0 Å². The summed E-state index contributed by atoms with van der Waals surface area (Å²) in [6, 6.07) is 12.6. The van der Waals surface area contributed by atoms with Gasteiger partial charge >= 0.3 is 12.1 Å². The molecule has 2 unspecified atom stereocenters. The lowest BCUT2D eigenvalue weighted by Crippen LogP contribution is -2.52. The van der Waals surface area contributed by atoms with Gasteiger partial charge in [-0.25, -0.2) is 9.59 Å². The van der Waals surface area contributed by atoms with Crippen LogP contribution in [0.1, 0.15) is 32.3 Å². The second kappa shape index (κ2) is 9.09. The van der Waals surface area contributed by atoms with E-state index in [2.05, 4.69) is 10.6 Å². The smallest absolute Gasteiger partial charge is 0.407 e. The second-order valence-corrected chi connectivity index (χ2v) is 8.55. The average Bonchev–Trinajstić information content (AvgIpc) is 3.03. The average molecular weight is 453 g/mol. The number of imide groups is 1. The predicted octanol–water partition coefficient (Wildman–Crippen LogP) is 2.34. The van der Waals surface area contributed by atoms with Crippen molar-refractivity contribution in [1.82, 2.24) is 20.4 Å². The van der Waals surface area contributed by atoms with Crippen LogP contribution in [0.25, 0.3) is 10.8 Å². The number of alkyl carbamates (subject to hydrolysis) is 1. The van der Waals surface area contributed by atoms with Gasteiger partial charge in [0.2, 0.25) is 5.91 Å². The number of fused-ring (bicyclic) bond motifs is 1. The summed E-state index contributed by atoms with van der Waals surface area (Å²) in [5, 5.41) is 7.50. The molecule has 2 aromatic rings. The van der Waals surface area contributed by atoms with Crippen molar-refractivity contribution < 1.29 is 23.9 Å². The predicted molar refractivity (Wildman–Crippen MR) is 121 cm³/mol. The van der Waals surface area contributed by atoms with E-state index >= 15 is 0 Å². The van der Waals surface area contributed by atoms with Gasteiger partial charge in [-0.05, 0) is 49.1 Å². The van der Waals surface area contributed by atoms with Crippen molar-refractivity contribution in [3.05, 3.63) is 48.0 Å². The SMILES string of the molecule is CCOC(=O)NC1CCCN(C(=O)CN2C(=O)NC(C)(c3ccc4ccccc4c3)C2=O)C1. The van der Waals surface area contributed by atoms with E-state index in [9.17, 15) is 19.2 Å². The first-order chi connectivity index (χ1) is 15.8. The van der Waals surface area contributed by atoms with Crippen LogP contribution >= 0.6 is 0 Å². The number of hydrogen-bond acceptors (Lipinski definition) is 5. The van der Waals surface area contributed by atoms with Crippen LogP contribution in [0, 0.1) is 0 Å². The molecule has 2 saturated heterocycles. The Balaban J connectivity index is 1.45. The van der Waals surface area contributed by atoms with E-state index < -0.39 is 23.6 Å². The number of nitrogens with zero attached hydrogens (tertiary/aromatic N) is 2. The van der Waals surface area contributed by atoms with Crippen molar-refractivity contribution in [1.29, 1.82) is 0 Å². The van der Waals surface area contributed by atoms with Gasteiger partial charge in [0.1, 0.15) is 12.1 Å². The number of benzene rings is 2. The van der Waals surface area contributed by atoms with Gasteiger partial charge in [-0.1, -0.05) is 36.4 Å². The third kappa shape index (κ3) is 4.48. The minimum atomic E-state index is -1.25. The van der Waals surface area contributed by atoms with Crippen molar-refractivity contribution in [2.24, 2.45) is 0 Å². The number of hydrogen-bond donors (Lipinski definition) is 2. The highest BCUT2D eigenvalue weighted by Crippen LogP contribution is 2.31. The minimum Gasteiger partial charge on any atom is -0.450 e. The highest BCUT2D eigenvalue weighted by molar-refractivity contribution is 6.09. The van der Waals surface area contributed by atoms with Crippen LogP contribution in [0.15, 0.2) is 42.5 Å². The van der Waals surface area contributed by atoms with E-state index in [1.807, 2.05) is 42.5 Å². The van der Waals surface area contributed by atoms with Crippen molar-refractivity contribution in [3.8, 4) is 0 Å². The molecule has 0 spiro atoms. The normalized spacial score (nSPS) is 22.9. The van der Waals surface area contributed by atoms with E-state index in [4.69, 9.17) is 4.74 Å². The van der Waals surface area contributed by atoms with E-state index in [0.717, 1.165) is 22.1 Å². The number of nitrogens with one attached hydrogen (secondary N) is 2. The van der Waals surface area contributed by atoms with E-state index in [0.29, 0.717) is 25.1 Å². The minimum absolute atomic E-state index is 0.229. The Kier molecular flexibility index (Phi) is 6.22. The molecule has 174 valence electrons. The van der Waals surface area contributed by atoms with Gasteiger partial charge in [0.25, 0.3) is 5.91 Å². The third-order valence-electron chi connectivity index (χ3n) is 6.27. The third-order valence-corrected chi connectivity index (χ3v) is 6.27. The number of piperidine rings is 1. The highest BCUT2D eigenvalue weighted by Gasteiger charge is 2.49. The van der Waals surface area contributed by atoms with Crippen LogP contribution < -0.4 is 10.6 Å². The van der Waals surface area contributed by atoms with Crippen molar-refractivity contribution in [2.45, 2.75) is 38.3 Å². The van der Waals surface area contributed by atoms with Gasteiger partial charge in [-0.3, -0.25) is 14.5 Å². The van der Waals surface area contributed by atoms with Crippen LogP contribution in [0.4, 0.5) is 9.59 Å². The monoisotopic (exact) mass is 452 g/mol. The Morgan fingerprint density at radius 3 is 2.70 bits per heavy atom. The van der Waals surface area contributed by atoms with Gasteiger partial charge in [0.05, 0.1) is 6.61 Å². The maximum Gasteiger partial charge on any atom is 0.407 e. The Labute approximate surface area is 192 Å². The fraction of sp³-hybridized carbons (Fsp3) is 0.417. The zero-order valence-electron chi connectivity index (χ0n) is 18.8. The van der Waals surface area contributed by atoms with Crippen molar-refractivity contribution in [3.63, 3.8) is 0 Å². The lowest BCUT2D eigenvalue weighted by Gasteiger charge is -2.33. The summed E-state index contributed by atoms with van der Waals surface area (Å²) in [6.07, 6.45) is 0.917. The highest BCUT2D eigenvalue weighted by atomic mass is 16.5. The van der Waals surface area contributed by atoms with Crippen LogP contribution in [0.2, 0.25) is 0 Å². The zero-order valence-corrected chi connectivity index (χ0v) is 18.8. The van der Waals surface area contributed by atoms with Crippen LogP contribution in [-0.4, -0.2) is 66.0 Å². The number of rotatable bonds is 5. The summed E-state index contributed by atoms with van der Waals surface area (Å²) >= 11 is 0. The number of amides is 5. The van der Waals surface area contributed by atoms with Gasteiger partial charge in [-0.15, -0.1) is 0 Å². The molecule has 0 bridgehead atoms. The van der Waals surface area contributed by atoms with E-state index in [-0.39, 0.29) is 25.1 Å². The summed E-state index contributed by atoms with van der Waals surface area (Å²) < 4.78 is 4.91. The molecule has 4 rings (SSSR count). The van der Waals surface area contributed by atoms with Gasteiger partial charge in [0, 0.05) is 19.1 Å². The Morgan fingerprint density at radius 1 is 1.18 bits per heavy atom. The molecular formula is C24H28N4O5. The summed E-state index contributed by atoms with van der Waals surface area (Å²) in [5.74, 6) is -0.800. The first-order valence-corrected chi connectivity index (χ1v) is 11.2. The molecule has 0 radical (unpaired) electrons. The number of ether oxygens (including phenoxy) is 1. The molecule has 33 heavy (non-hydrogen) atoms. The topological polar surface area (TPSA) is 108 Å². The molecule has 2 N–H and O–H groups in total. The molecule has 2 aliphatic heterocycles. The fourth-order valence-electron chi connectivity index (χ4n) is 4.43. The molecule has 0 aromatic heterocycles. The molecule has 2 fully saturated rings. The molecule has 2 aromatic carbocycles. The largest absolute Gasteiger partial charge is 0.450 e. The lowest BCUT2D eigenvalue weighted by atomic mass is 9.90. The molecule has 5 amide bonds. The van der Waals surface area contributed by atoms with Crippen LogP contribution in [-0.2, 0) is 19.9 Å². The first-order valence-electron chi connectivity index (χ1n) is 11.2. The molecule has 0 saturated carbocycles. The molecule has 9 heteroatoms. The maximum absolute atomic E-state index is 13.3. The lowest BCUT2D eigenvalue weighted by molar-refractivity contribution is -0.139. The molecule has 2 atom stereocenters. The van der Waals surface area contributed by atoms with E-state index in [1.54, 1.807) is 18.7 Å². The number of carbonyl (C=O) groups is 4. The van der Waals surface area contributed by atoms with Gasteiger partial charge < -0.3 is 20.3 Å². The summed E-state index contributed by atoms with van der Waals surface area (Å²) in [7, 11) is 0. The zero-order chi connectivity index (χ0) is 23.6. The second-order valence-electron chi connectivity index (χ2n) is 8.55. The maximum atomic E-state index is 13.3. The van der Waals surface area contributed by atoms with Gasteiger partial charge in [0.15, 0.2) is 0 Å². The molecule has 0 aliphatic carbocycles. The van der Waals surface area contributed by atoms with Crippen LogP contribution in [0.3, 0.4) is 0 Å².